The van der Waals surface area contributed by atoms with Crippen LogP contribution < -0.4 is 14.8 Å². The van der Waals surface area contributed by atoms with Gasteiger partial charge in [-0.1, -0.05) is 12.1 Å². The molecule has 0 aliphatic heterocycles. The molecule has 0 spiro atoms. The summed E-state index contributed by atoms with van der Waals surface area (Å²) in [6, 6.07) is 13.2. The van der Waals surface area contributed by atoms with Gasteiger partial charge < -0.3 is 19.8 Å². The highest BCUT2D eigenvalue weighted by Crippen LogP contribution is 2.44. The summed E-state index contributed by atoms with van der Waals surface area (Å²) in [6.45, 7) is 0. The van der Waals surface area contributed by atoms with Crippen LogP contribution in [-0.4, -0.2) is 30.1 Å². The molecule has 2 aromatic carbocycles. The molecule has 0 atom stereocenters. The van der Waals surface area contributed by atoms with Crippen molar-refractivity contribution in [2.75, 3.05) is 19.5 Å². The molecule has 158 valence electrons. The van der Waals surface area contributed by atoms with E-state index in [4.69, 9.17) is 14.5 Å². The van der Waals surface area contributed by atoms with Gasteiger partial charge >= 0.3 is 0 Å². The summed E-state index contributed by atoms with van der Waals surface area (Å²) in [5, 5.41) is 3.97. The first kappa shape index (κ1) is 19.6. The highest BCUT2D eigenvalue weighted by Gasteiger charge is 2.25. The Kier molecular flexibility index (Phi) is 5.11. The molecule has 6 nitrogen and oxygen atoms in total. The summed E-state index contributed by atoms with van der Waals surface area (Å²) in [6.07, 6.45) is 4.36. The first-order valence-corrected chi connectivity index (χ1v) is 11.1. The SMILES string of the molecule is COc1cc(OC)cc(C(=O)Nc2sc3c(c2-c2nc4ccccc4[nH]2)CCCC3)c1. The van der Waals surface area contributed by atoms with Gasteiger partial charge in [0.1, 0.15) is 22.3 Å². The fourth-order valence-corrected chi connectivity index (χ4v) is 5.38. The number of aromatic amines is 1. The molecular formula is C24H23N3O3S. The van der Waals surface area contributed by atoms with E-state index in [2.05, 4.69) is 10.3 Å². The van der Waals surface area contributed by atoms with Crippen LogP contribution in [0.25, 0.3) is 22.4 Å². The van der Waals surface area contributed by atoms with E-state index in [1.54, 1.807) is 43.8 Å². The number of fused-ring (bicyclic) bond motifs is 2. The number of methoxy groups -OCH3 is 2. The predicted octanol–water partition coefficient (Wildman–Crippen LogP) is 5.44. The molecule has 1 aliphatic carbocycles. The van der Waals surface area contributed by atoms with E-state index < -0.39 is 0 Å². The molecule has 2 heterocycles. The Morgan fingerprint density at radius 1 is 1.06 bits per heavy atom. The van der Waals surface area contributed by atoms with E-state index in [1.807, 2.05) is 24.3 Å². The Balaban J connectivity index is 1.57. The third-order valence-electron chi connectivity index (χ3n) is 5.64. The van der Waals surface area contributed by atoms with Gasteiger partial charge in [-0.3, -0.25) is 4.79 Å². The molecule has 4 aromatic rings. The maximum absolute atomic E-state index is 13.2. The highest BCUT2D eigenvalue weighted by atomic mass is 32.1. The van der Waals surface area contributed by atoms with Crippen molar-refractivity contribution in [3.63, 3.8) is 0 Å². The number of ether oxygens (including phenoxy) is 2. The fourth-order valence-electron chi connectivity index (χ4n) is 4.09. The number of nitrogens with zero attached hydrogens (tertiary/aromatic N) is 1. The zero-order valence-corrected chi connectivity index (χ0v) is 18.3. The zero-order chi connectivity index (χ0) is 21.4. The number of hydrogen-bond donors (Lipinski definition) is 2. The van der Waals surface area contributed by atoms with Crippen molar-refractivity contribution in [3.8, 4) is 22.9 Å². The number of carbonyl (C=O) groups excluding carboxylic acids is 1. The van der Waals surface area contributed by atoms with E-state index in [0.717, 1.165) is 46.7 Å². The molecule has 5 rings (SSSR count). The lowest BCUT2D eigenvalue weighted by Gasteiger charge is -2.12. The van der Waals surface area contributed by atoms with Crippen molar-refractivity contribution in [3.05, 3.63) is 58.5 Å². The number of anilines is 1. The number of benzene rings is 2. The number of H-pyrrole nitrogens is 1. The summed E-state index contributed by atoms with van der Waals surface area (Å²) in [5.74, 6) is 1.76. The van der Waals surface area contributed by atoms with Crippen LogP contribution >= 0.6 is 11.3 Å². The number of amides is 1. The number of imidazole rings is 1. The molecule has 1 amide bonds. The Hall–Kier alpha value is -3.32. The summed E-state index contributed by atoms with van der Waals surface area (Å²) in [5.41, 5.74) is 4.71. The Labute approximate surface area is 184 Å². The second-order valence-corrected chi connectivity index (χ2v) is 8.68. The fraction of sp³-hybridized carbons (Fsp3) is 0.250. The normalized spacial score (nSPS) is 13.1. The van der Waals surface area contributed by atoms with Crippen LogP contribution in [0.3, 0.4) is 0 Å². The van der Waals surface area contributed by atoms with Crippen molar-refractivity contribution < 1.29 is 14.3 Å². The molecular weight excluding hydrogens is 410 g/mol. The average molecular weight is 434 g/mol. The Morgan fingerprint density at radius 2 is 1.81 bits per heavy atom. The number of aryl methyl sites for hydroxylation is 1. The van der Waals surface area contributed by atoms with E-state index in [9.17, 15) is 4.79 Å². The number of para-hydroxylation sites is 2. The third kappa shape index (κ3) is 3.65. The number of thiophene rings is 1. The maximum atomic E-state index is 13.2. The van der Waals surface area contributed by atoms with Gasteiger partial charge in [-0.25, -0.2) is 4.98 Å². The summed E-state index contributed by atoms with van der Waals surface area (Å²) >= 11 is 1.66. The smallest absolute Gasteiger partial charge is 0.256 e. The van der Waals surface area contributed by atoms with Crippen LogP contribution in [0.4, 0.5) is 5.00 Å². The number of aromatic nitrogens is 2. The van der Waals surface area contributed by atoms with Crippen LogP contribution in [0.2, 0.25) is 0 Å². The molecule has 0 unspecified atom stereocenters. The molecule has 0 fully saturated rings. The standard InChI is InChI=1S/C24H23N3O3S/c1-29-15-11-14(12-16(13-15)30-2)23(28)27-24-21(17-7-3-6-10-20(17)31-24)22-25-18-8-4-5-9-19(18)26-22/h4-5,8-9,11-13H,3,6-7,10H2,1-2H3,(H,25,26)(H,27,28). The second-order valence-electron chi connectivity index (χ2n) is 7.57. The Bertz CT molecular complexity index is 1220. The summed E-state index contributed by atoms with van der Waals surface area (Å²) in [7, 11) is 3.15. The van der Waals surface area contributed by atoms with E-state index >= 15 is 0 Å². The quantitative estimate of drug-likeness (QED) is 0.439. The zero-order valence-electron chi connectivity index (χ0n) is 17.5. The van der Waals surface area contributed by atoms with Gasteiger partial charge in [0.15, 0.2) is 0 Å². The number of nitrogens with one attached hydrogen (secondary N) is 2. The van der Waals surface area contributed by atoms with Crippen molar-refractivity contribution in [1.29, 1.82) is 0 Å². The van der Waals surface area contributed by atoms with Crippen molar-refractivity contribution in [2.24, 2.45) is 0 Å². The van der Waals surface area contributed by atoms with Crippen LogP contribution in [0.15, 0.2) is 42.5 Å². The monoisotopic (exact) mass is 433 g/mol. The number of rotatable bonds is 5. The number of hydrogen-bond acceptors (Lipinski definition) is 5. The molecule has 2 N–H and O–H groups in total. The van der Waals surface area contributed by atoms with Crippen LogP contribution in [0, 0.1) is 0 Å². The molecule has 0 saturated heterocycles. The number of carbonyl (C=O) groups is 1. The minimum Gasteiger partial charge on any atom is -0.497 e. The minimum absolute atomic E-state index is 0.201. The largest absolute Gasteiger partial charge is 0.497 e. The van der Waals surface area contributed by atoms with Gasteiger partial charge in [-0.05, 0) is 55.5 Å². The lowest BCUT2D eigenvalue weighted by molar-refractivity contribution is 0.102. The summed E-state index contributed by atoms with van der Waals surface area (Å²) < 4.78 is 10.6. The second kappa shape index (κ2) is 8.07. The molecule has 1 aliphatic rings. The molecule has 0 saturated carbocycles. The highest BCUT2D eigenvalue weighted by molar-refractivity contribution is 7.17. The molecule has 0 radical (unpaired) electrons. The molecule has 7 heteroatoms. The van der Waals surface area contributed by atoms with Gasteiger partial charge in [0.25, 0.3) is 5.91 Å². The van der Waals surface area contributed by atoms with Crippen LogP contribution in [-0.2, 0) is 12.8 Å². The van der Waals surface area contributed by atoms with Crippen molar-refractivity contribution in [2.45, 2.75) is 25.7 Å². The molecule has 2 aromatic heterocycles. The molecule has 0 bridgehead atoms. The van der Waals surface area contributed by atoms with Crippen LogP contribution in [0.1, 0.15) is 33.6 Å². The van der Waals surface area contributed by atoms with E-state index in [-0.39, 0.29) is 5.91 Å². The van der Waals surface area contributed by atoms with Gasteiger partial charge in [0, 0.05) is 16.5 Å². The van der Waals surface area contributed by atoms with Crippen LogP contribution in [0.5, 0.6) is 11.5 Å². The summed E-state index contributed by atoms with van der Waals surface area (Å²) in [4.78, 5) is 22.8. The predicted molar refractivity (Wildman–Crippen MR) is 124 cm³/mol. The lowest BCUT2D eigenvalue weighted by atomic mass is 9.95. The first-order chi connectivity index (χ1) is 15.2. The topological polar surface area (TPSA) is 76.2 Å². The van der Waals surface area contributed by atoms with Gasteiger partial charge in [-0.15, -0.1) is 11.3 Å². The van der Waals surface area contributed by atoms with Crippen molar-refractivity contribution >= 4 is 33.3 Å². The Morgan fingerprint density at radius 3 is 2.55 bits per heavy atom. The van der Waals surface area contributed by atoms with Gasteiger partial charge in [0.2, 0.25) is 0 Å². The van der Waals surface area contributed by atoms with Gasteiger partial charge in [0.05, 0.1) is 30.8 Å². The lowest BCUT2D eigenvalue weighted by Crippen LogP contribution is -2.12. The maximum Gasteiger partial charge on any atom is 0.256 e. The first-order valence-electron chi connectivity index (χ1n) is 10.3. The third-order valence-corrected chi connectivity index (χ3v) is 6.85. The van der Waals surface area contributed by atoms with Crippen molar-refractivity contribution in [1.82, 2.24) is 9.97 Å². The average Bonchev–Trinajstić information content (AvgIpc) is 3.39. The van der Waals surface area contributed by atoms with E-state index in [1.165, 1.54) is 16.9 Å². The van der Waals surface area contributed by atoms with Gasteiger partial charge in [-0.2, -0.15) is 0 Å². The minimum atomic E-state index is -0.201. The van der Waals surface area contributed by atoms with E-state index in [0.29, 0.717) is 17.1 Å². The molecule has 31 heavy (non-hydrogen) atoms.